The standard InChI is InChI=1S/C18H22O3/c1-2-3-14-21-18(12-8-5-9-13-18)17(20)16(19)15-10-6-4-7-11-15/h4-12,16,19H,2-3,13-14H2,1H3. The quantitative estimate of drug-likeness (QED) is 0.782. The van der Waals surface area contributed by atoms with E-state index in [2.05, 4.69) is 6.92 Å². The van der Waals surface area contributed by atoms with Crippen LogP contribution in [0.25, 0.3) is 0 Å². The highest BCUT2D eigenvalue weighted by Crippen LogP contribution is 2.30. The molecular formula is C18H22O3. The molecule has 0 fully saturated rings. The number of allylic oxidation sites excluding steroid dienone is 2. The van der Waals surface area contributed by atoms with E-state index >= 15 is 0 Å². The van der Waals surface area contributed by atoms with Gasteiger partial charge >= 0.3 is 0 Å². The van der Waals surface area contributed by atoms with Crippen molar-refractivity contribution in [2.24, 2.45) is 0 Å². The fourth-order valence-electron chi connectivity index (χ4n) is 2.38. The molecule has 0 saturated carbocycles. The first-order valence-electron chi connectivity index (χ1n) is 7.45. The Morgan fingerprint density at radius 2 is 2.10 bits per heavy atom. The fraction of sp³-hybridized carbons (Fsp3) is 0.389. The smallest absolute Gasteiger partial charge is 0.201 e. The van der Waals surface area contributed by atoms with E-state index in [0.717, 1.165) is 12.8 Å². The molecule has 1 N–H and O–H groups in total. The molecule has 0 amide bonds. The van der Waals surface area contributed by atoms with Crippen molar-refractivity contribution in [1.29, 1.82) is 0 Å². The summed E-state index contributed by atoms with van der Waals surface area (Å²) in [6.45, 7) is 2.59. The maximum Gasteiger partial charge on any atom is 0.201 e. The van der Waals surface area contributed by atoms with Gasteiger partial charge in [0.25, 0.3) is 0 Å². The second kappa shape index (κ2) is 7.34. The number of aliphatic hydroxyl groups excluding tert-OH is 1. The number of benzene rings is 1. The molecule has 0 spiro atoms. The summed E-state index contributed by atoms with van der Waals surface area (Å²) in [5.41, 5.74) is -0.442. The lowest BCUT2D eigenvalue weighted by atomic mass is 9.85. The van der Waals surface area contributed by atoms with Crippen molar-refractivity contribution in [1.82, 2.24) is 0 Å². The number of carbonyl (C=O) groups is 1. The molecule has 2 unspecified atom stereocenters. The normalized spacial score (nSPS) is 22.2. The summed E-state index contributed by atoms with van der Waals surface area (Å²) >= 11 is 0. The molecule has 1 aromatic rings. The van der Waals surface area contributed by atoms with Crippen molar-refractivity contribution in [2.45, 2.75) is 37.9 Å². The predicted octanol–water partition coefficient (Wildman–Crippen LogP) is 3.36. The average molecular weight is 286 g/mol. The highest BCUT2D eigenvalue weighted by Gasteiger charge is 2.40. The zero-order valence-electron chi connectivity index (χ0n) is 12.4. The minimum Gasteiger partial charge on any atom is -0.380 e. The number of carbonyl (C=O) groups excluding carboxylic acids is 1. The Kier molecular flexibility index (Phi) is 5.48. The first kappa shape index (κ1) is 15.7. The molecule has 2 atom stereocenters. The van der Waals surface area contributed by atoms with Crippen molar-refractivity contribution in [2.75, 3.05) is 6.61 Å². The van der Waals surface area contributed by atoms with Gasteiger partial charge in [0.15, 0.2) is 5.60 Å². The second-order valence-corrected chi connectivity index (χ2v) is 5.26. The molecule has 0 bridgehead atoms. The van der Waals surface area contributed by atoms with Crippen LogP contribution in [0.1, 0.15) is 37.9 Å². The molecule has 0 radical (unpaired) electrons. The van der Waals surface area contributed by atoms with E-state index in [4.69, 9.17) is 4.74 Å². The van der Waals surface area contributed by atoms with E-state index in [-0.39, 0.29) is 5.78 Å². The van der Waals surface area contributed by atoms with E-state index < -0.39 is 11.7 Å². The van der Waals surface area contributed by atoms with Crippen LogP contribution in [0.3, 0.4) is 0 Å². The molecule has 1 aromatic carbocycles. The summed E-state index contributed by atoms with van der Waals surface area (Å²) in [6.07, 6.45) is 8.58. The van der Waals surface area contributed by atoms with E-state index in [0.29, 0.717) is 18.6 Å². The minimum absolute atomic E-state index is 0.301. The van der Waals surface area contributed by atoms with Crippen LogP contribution < -0.4 is 0 Å². The van der Waals surface area contributed by atoms with E-state index in [9.17, 15) is 9.90 Å². The maximum atomic E-state index is 12.8. The Hall–Kier alpha value is -1.71. The molecule has 1 aliphatic carbocycles. The van der Waals surface area contributed by atoms with Crippen LogP contribution in [0.4, 0.5) is 0 Å². The van der Waals surface area contributed by atoms with Crippen molar-refractivity contribution >= 4 is 5.78 Å². The number of ether oxygens (including phenoxy) is 1. The third-order valence-corrected chi connectivity index (χ3v) is 3.67. The topological polar surface area (TPSA) is 46.5 Å². The van der Waals surface area contributed by atoms with Gasteiger partial charge in [0.05, 0.1) is 0 Å². The van der Waals surface area contributed by atoms with Gasteiger partial charge in [-0.2, -0.15) is 0 Å². The van der Waals surface area contributed by atoms with Gasteiger partial charge in [-0.15, -0.1) is 0 Å². The van der Waals surface area contributed by atoms with Gasteiger partial charge in [-0.25, -0.2) is 0 Å². The minimum atomic E-state index is -1.16. The predicted molar refractivity (Wildman–Crippen MR) is 82.9 cm³/mol. The number of hydrogen-bond donors (Lipinski definition) is 1. The number of unbranched alkanes of at least 4 members (excludes halogenated alkanes) is 1. The molecule has 0 aliphatic heterocycles. The van der Waals surface area contributed by atoms with Crippen molar-refractivity contribution in [3.8, 4) is 0 Å². The number of ketones is 1. The van der Waals surface area contributed by atoms with Crippen LogP contribution in [-0.2, 0) is 9.53 Å². The molecule has 21 heavy (non-hydrogen) atoms. The SMILES string of the molecule is CCCCOC1(C(=O)C(O)c2ccccc2)C=CC=CC1. The highest BCUT2D eigenvalue weighted by molar-refractivity contribution is 5.94. The van der Waals surface area contributed by atoms with Gasteiger partial charge in [-0.3, -0.25) is 4.79 Å². The van der Waals surface area contributed by atoms with Crippen LogP contribution >= 0.6 is 0 Å². The van der Waals surface area contributed by atoms with Gasteiger partial charge in [0, 0.05) is 13.0 Å². The summed E-state index contributed by atoms with van der Waals surface area (Å²) in [5, 5.41) is 10.4. The fourth-order valence-corrected chi connectivity index (χ4v) is 2.38. The zero-order valence-corrected chi connectivity index (χ0v) is 12.4. The van der Waals surface area contributed by atoms with Gasteiger partial charge in [0.2, 0.25) is 5.78 Å². The van der Waals surface area contributed by atoms with Crippen molar-refractivity contribution in [3.05, 3.63) is 60.2 Å². The Morgan fingerprint density at radius 3 is 2.71 bits per heavy atom. The first-order valence-corrected chi connectivity index (χ1v) is 7.45. The Bertz CT molecular complexity index is 519. The monoisotopic (exact) mass is 286 g/mol. The molecule has 0 saturated heterocycles. The summed E-state index contributed by atoms with van der Waals surface area (Å²) in [4.78, 5) is 12.8. The van der Waals surface area contributed by atoms with Gasteiger partial charge in [-0.1, -0.05) is 61.9 Å². The van der Waals surface area contributed by atoms with Gasteiger partial charge < -0.3 is 9.84 Å². The van der Waals surface area contributed by atoms with Gasteiger partial charge in [0.1, 0.15) is 6.10 Å². The lowest BCUT2D eigenvalue weighted by Crippen LogP contribution is -2.43. The Labute approximate surface area is 125 Å². The number of hydrogen-bond acceptors (Lipinski definition) is 3. The highest BCUT2D eigenvalue weighted by atomic mass is 16.5. The Balaban J connectivity index is 2.18. The summed E-state index contributed by atoms with van der Waals surface area (Å²) in [6, 6.07) is 8.99. The lowest BCUT2D eigenvalue weighted by molar-refractivity contribution is -0.147. The van der Waals surface area contributed by atoms with E-state index in [1.807, 2.05) is 36.4 Å². The van der Waals surface area contributed by atoms with Crippen LogP contribution in [-0.4, -0.2) is 23.1 Å². The molecule has 1 aliphatic rings. The molecule has 0 aromatic heterocycles. The number of aliphatic hydroxyl groups is 1. The average Bonchev–Trinajstić information content (AvgIpc) is 2.55. The molecule has 112 valence electrons. The molecule has 3 heteroatoms. The zero-order chi connectivity index (χ0) is 15.1. The van der Waals surface area contributed by atoms with Gasteiger partial charge in [-0.05, 0) is 18.1 Å². The molecule has 0 heterocycles. The largest absolute Gasteiger partial charge is 0.380 e. The lowest BCUT2D eigenvalue weighted by Gasteiger charge is -2.32. The number of rotatable bonds is 7. The summed E-state index contributed by atoms with van der Waals surface area (Å²) in [7, 11) is 0. The van der Waals surface area contributed by atoms with Crippen LogP contribution in [0.15, 0.2) is 54.6 Å². The third-order valence-electron chi connectivity index (χ3n) is 3.67. The summed E-state index contributed by atoms with van der Waals surface area (Å²) in [5.74, 6) is -0.301. The third kappa shape index (κ3) is 3.69. The Morgan fingerprint density at radius 1 is 1.33 bits per heavy atom. The van der Waals surface area contributed by atoms with Crippen molar-refractivity contribution in [3.63, 3.8) is 0 Å². The maximum absolute atomic E-state index is 12.8. The van der Waals surface area contributed by atoms with Crippen molar-refractivity contribution < 1.29 is 14.6 Å². The van der Waals surface area contributed by atoms with Crippen LogP contribution in [0.5, 0.6) is 0 Å². The molecule has 2 rings (SSSR count). The van der Waals surface area contributed by atoms with E-state index in [1.54, 1.807) is 18.2 Å². The second-order valence-electron chi connectivity index (χ2n) is 5.26. The van der Waals surface area contributed by atoms with Crippen LogP contribution in [0.2, 0.25) is 0 Å². The number of Topliss-reactive ketones (excluding diaryl/α,β-unsaturated/α-hetero) is 1. The van der Waals surface area contributed by atoms with Crippen LogP contribution in [0, 0.1) is 0 Å². The van der Waals surface area contributed by atoms with E-state index in [1.165, 1.54) is 0 Å². The first-order chi connectivity index (χ1) is 10.2. The molecule has 3 nitrogen and oxygen atoms in total. The molecular weight excluding hydrogens is 264 g/mol. The summed E-state index contributed by atoms with van der Waals surface area (Å²) < 4.78 is 5.87.